The molecule has 0 spiro atoms. The zero-order valence-corrected chi connectivity index (χ0v) is 6.92. The lowest BCUT2D eigenvalue weighted by atomic mass is 10.1. The van der Waals surface area contributed by atoms with Crippen molar-refractivity contribution in [3.63, 3.8) is 0 Å². The van der Waals surface area contributed by atoms with Crippen LogP contribution in [0.5, 0.6) is 0 Å². The third-order valence-corrected chi connectivity index (χ3v) is 2.06. The third-order valence-electron chi connectivity index (χ3n) is 2.06. The van der Waals surface area contributed by atoms with E-state index in [1.165, 1.54) is 0 Å². The van der Waals surface area contributed by atoms with Gasteiger partial charge in [0.15, 0.2) is 5.95 Å². The molecule has 2 rings (SSSR count). The highest BCUT2D eigenvalue weighted by Crippen LogP contribution is 2.10. The van der Waals surface area contributed by atoms with E-state index < -0.39 is 0 Å². The maximum Gasteiger partial charge on any atom is 0.200 e. The van der Waals surface area contributed by atoms with Crippen molar-refractivity contribution in [2.75, 3.05) is 18.5 Å². The van der Waals surface area contributed by atoms with Crippen molar-refractivity contribution in [3.05, 3.63) is 12.4 Å². The molecule has 1 fully saturated rings. The fourth-order valence-electron chi connectivity index (χ4n) is 1.38. The Labute approximate surface area is 71.3 Å². The van der Waals surface area contributed by atoms with E-state index in [4.69, 9.17) is 4.74 Å². The molecule has 0 atom stereocenters. The molecule has 1 aliphatic heterocycles. The molecule has 0 radical (unpaired) electrons. The average Bonchev–Trinajstić information content (AvgIpc) is 2.59. The molecule has 0 aliphatic carbocycles. The number of rotatable bonds is 2. The van der Waals surface area contributed by atoms with Crippen molar-refractivity contribution in [1.29, 1.82) is 0 Å². The van der Waals surface area contributed by atoms with Crippen LogP contribution in [0.4, 0.5) is 5.95 Å². The minimum atomic E-state index is 0.518. The quantitative estimate of drug-likeness (QED) is 0.691. The van der Waals surface area contributed by atoms with Gasteiger partial charge in [0.2, 0.25) is 0 Å². The smallest absolute Gasteiger partial charge is 0.200 e. The number of ether oxygens (including phenoxy) is 1. The summed E-state index contributed by atoms with van der Waals surface area (Å²) in [5, 5.41) is 3.31. The molecule has 1 aliphatic rings. The third kappa shape index (κ3) is 1.76. The van der Waals surface area contributed by atoms with Gasteiger partial charge in [-0.25, -0.2) is 4.98 Å². The van der Waals surface area contributed by atoms with Gasteiger partial charge in [-0.2, -0.15) is 0 Å². The lowest BCUT2D eigenvalue weighted by molar-refractivity contribution is 0.0903. The summed E-state index contributed by atoms with van der Waals surface area (Å²) in [4.78, 5) is 7.12. The molecule has 0 bridgehead atoms. The van der Waals surface area contributed by atoms with E-state index in [-0.39, 0.29) is 0 Å². The lowest BCUT2D eigenvalue weighted by Gasteiger charge is -2.22. The van der Waals surface area contributed by atoms with Crippen LogP contribution in [0.15, 0.2) is 12.4 Å². The van der Waals surface area contributed by atoms with Crippen LogP contribution in [0.1, 0.15) is 12.8 Å². The van der Waals surface area contributed by atoms with E-state index in [9.17, 15) is 0 Å². The summed E-state index contributed by atoms with van der Waals surface area (Å²) in [5.74, 6) is 0.863. The van der Waals surface area contributed by atoms with Gasteiger partial charge in [0.05, 0.1) is 0 Å². The van der Waals surface area contributed by atoms with Crippen molar-refractivity contribution in [2.45, 2.75) is 18.9 Å². The van der Waals surface area contributed by atoms with E-state index >= 15 is 0 Å². The summed E-state index contributed by atoms with van der Waals surface area (Å²) in [7, 11) is 0. The molecule has 0 unspecified atom stereocenters. The van der Waals surface area contributed by atoms with Gasteiger partial charge in [-0.3, -0.25) is 0 Å². The second-order valence-corrected chi connectivity index (χ2v) is 2.97. The molecular formula is C8H13N3O. The van der Waals surface area contributed by atoms with E-state index in [1.54, 1.807) is 6.20 Å². The van der Waals surface area contributed by atoms with Crippen LogP contribution >= 0.6 is 0 Å². The molecule has 0 aromatic carbocycles. The maximum atomic E-state index is 5.25. The predicted molar refractivity (Wildman–Crippen MR) is 46.1 cm³/mol. The van der Waals surface area contributed by atoms with Gasteiger partial charge in [0, 0.05) is 31.6 Å². The first-order chi connectivity index (χ1) is 5.95. The fraction of sp³-hybridized carbons (Fsp3) is 0.625. The van der Waals surface area contributed by atoms with Gasteiger partial charge in [-0.05, 0) is 12.8 Å². The standard InChI is InChI=1S/C8H13N3O/c1-5-12-6-2-7(1)11-8-9-3-4-10-8/h3-4,7H,1-2,5-6H2,(H2,9,10,11). The van der Waals surface area contributed by atoms with Crippen molar-refractivity contribution in [2.24, 2.45) is 0 Å². The zero-order chi connectivity index (χ0) is 8.23. The zero-order valence-electron chi connectivity index (χ0n) is 6.92. The number of aromatic amines is 1. The summed E-state index contributed by atoms with van der Waals surface area (Å²) < 4.78 is 5.25. The van der Waals surface area contributed by atoms with Crippen molar-refractivity contribution in [3.8, 4) is 0 Å². The Morgan fingerprint density at radius 3 is 3.00 bits per heavy atom. The normalized spacial score (nSPS) is 19.3. The van der Waals surface area contributed by atoms with Gasteiger partial charge in [-0.1, -0.05) is 0 Å². The number of nitrogens with one attached hydrogen (secondary N) is 2. The monoisotopic (exact) mass is 167 g/mol. The number of imidazole rings is 1. The molecule has 1 saturated heterocycles. The second kappa shape index (κ2) is 3.58. The minimum absolute atomic E-state index is 0.518. The van der Waals surface area contributed by atoms with Crippen LogP contribution < -0.4 is 5.32 Å². The van der Waals surface area contributed by atoms with Crippen LogP contribution in [-0.4, -0.2) is 29.2 Å². The number of hydrogen-bond acceptors (Lipinski definition) is 3. The van der Waals surface area contributed by atoms with Crippen LogP contribution in [0, 0.1) is 0 Å². The maximum absolute atomic E-state index is 5.25. The van der Waals surface area contributed by atoms with Crippen molar-refractivity contribution in [1.82, 2.24) is 9.97 Å². The van der Waals surface area contributed by atoms with Crippen molar-refractivity contribution >= 4 is 5.95 Å². The first-order valence-corrected chi connectivity index (χ1v) is 4.29. The number of H-pyrrole nitrogens is 1. The Morgan fingerprint density at radius 2 is 2.33 bits per heavy atom. The average molecular weight is 167 g/mol. The largest absolute Gasteiger partial charge is 0.381 e. The Morgan fingerprint density at radius 1 is 1.50 bits per heavy atom. The highest BCUT2D eigenvalue weighted by molar-refractivity contribution is 5.24. The molecule has 2 heterocycles. The summed E-state index contributed by atoms with van der Waals surface area (Å²) in [5.41, 5.74) is 0. The summed E-state index contributed by atoms with van der Waals surface area (Å²) >= 11 is 0. The van der Waals surface area contributed by atoms with Gasteiger partial charge < -0.3 is 15.0 Å². The van der Waals surface area contributed by atoms with Gasteiger partial charge in [0.1, 0.15) is 0 Å². The first-order valence-electron chi connectivity index (χ1n) is 4.29. The minimum Gasteiger partial charge on any atom is -0.381 e. The van der Waals surface area contributed by atoms with Crippen LogP contribution in [-0.2, 0) is 4.74 Å². The molecule has 4 heteroatoms. The number of anilines is 1. The SMILES string of the molecule is c1c[nH]c(NC2CCOCC2)n1. The van der Waals surface area contributed by atoms with Gasteiger partial charge in [0.25, 0.3) is 0 Å². The number of nitrogens with zero attached hydrogens (tertiary/aromatic N) is 1. The summed E-state index contributed by atoms with van der Waals surface area (Å²) in [6.45, 7) is 1.72. The molecule has 4 nitrogen and oxygen atoms in total. The van der Waals surface area contributed by atoms with E-state index in [0.29, 0.717) is 6.04 Å². The molecule has 2 N–H and O–H groups in total. The second-order valence-electron chi connectivity index (χ2n) is 2.97. The number of hydrogen-bond donors (Lipinski definition) is 2. The molecule has 12 heavy (non-hydrogen) atoms. The summed E-state index contributed by atoms with van der Waals surface area (Å²) in [6.07, 6.45) is 5.71. The Hall–Kier alpha value is -1.03. The molecule has 0 saturated carbocycles. The fourth-order valence-corrected chi connectivity index (χ4v) is 1.38. The summed E-state index contributed by atoms with van der Waals surface area (Å²) in [6, 6.07) is 0.518. The Bertz CT molecular complexity index is 216. The number of aromatic nitrogens is 2. The highest BCUT2D eigenvalue weighted by Gasteiger charge is 2.13. The molecule has 1 aromatic rings. The van der Waals surface area contributed by atoms with E-state index in [0.717, 1.165) is 32.0 Å². The van der Waals surface area contributed by atoms with Gasteiger partial charge >= 0.3 is 0 Å². The van der Waals surface area contributed by atoms with Crippen LogP contribution in [0.3, 0.4) is 0 Å². The highest BCUT2D eigenvalue weighted by atomic mass is 16.5. The van der Waals surface area contributed by atoms with Gasteiger partial charge in [-0.15, -0.1) is 0 Å². The predicted octanol–water partition coefficient (Wildman–Crippen LogP) is 1.00. The first kappa shape index (κ1) is 7.61. The van der Waals surface area contributed by atoms with E-state index in [1.807, 2.05) is 6.20 Å². The topological polar surface area (TPSA) is 49.9 Å². The molecule has 66 valence electrons. The van der Waals surface area contributed by atoms with Crippen LogP contribution in [0.25, 0.3) is 0 Å². The molecular weight excluding hydrogens is 154 g/mol. The van der Waals surface area contributed by atoms with E-state index in [2.05, 4.69) is 15.3 Å². The Kier molecular flexibility index (Phi) is 2.27. The Balaban J connectivity index is 1.86. The molecule has 0 amide bonds. The van der Waals surface area contributed by atoms with Crippen molar-refractivity contribution < 1.29 is 4.74 Å². The van der Waals surface area contributed by atoms with Crippen LogP contribution in [0.2, 0.25) is 0 Å². The molecule has 1 aromatic heterocycles. The lowest BCUT2D eigenvalue weighted by Crippen LogP contribution is -2.28.